The standard InChI is InChI=1S/C28H24N2O5/c1-3-35-22-16-14-19(15-17-22)23(31)18-30-27(32)25(28(33)34-2)24(20-10-6-4-7-11-20)26(29-30)21-12-8-5-9-13-21/h4-17H,3,18H2,1-2H3. The second-order valence-corrected chi connectivity index (χ2v) is 7.67. The van der Waals surface area contributed by atoms with Crippen LogP contribution in [0.15, 0.2) is 89.7 Å². The van der Waals surface area contributed by atoms with E-state index >= 15 is 0 Å². The van der Waals surface area contributed by atoms with Crippen molar-refractivity contribution in [2.75, 3.05) is 13.7 Å². The van der Waals surface area contributed by atoms with Gasteiger partial charge in [-0.2, -0.15) is 5.10 Å². The maximum absolute atomic E-state index is 13.5. The Bertz CT molecular complexity index is 1400. The second-order valence-electron chi connectivity index (χ2n) is 7.67. The van der Waals surface area contributed by atoms with Gasteiger partial charge in [0, 0.05) is 16.7 Å². The highest BCUT2D eigenvalue weighted by atomic mass is 16.5. The molecule has 0 aliphatic rings. The number of benzene rings is 3. The molecule has 1 heterocycles. The van der Waals surface area contributed by atoms with Crippen molar-refractivity contribution < 1.29 is 19.1 Å². The van der Waals surface area contributed by atoms with E-state index in [1.165, 1.54) is 7.11 Å². The molecule has 176 valence electrons. The van der Waals surface area contributed by atoms with Crippen LogP contribution in [0.2, 0.25) is 0 Å². The van der Waals surface area contributed by atoms with Crippen LogP contribution in [-0.2, 0) is 11.3 Å². The average Bonchev–Trinajstić information content (AvgIpc) is 2.90. The van der Waals surface area contributed by atoms with Crippen LogP contribution in [0.1, 0.15) is 27.6 Å². The lowest BCUT2D eigenvalue weighted by molar-refractivity contribution is 0.0597. The molecule has 0 fully saturated rings. The molecule has 0 aliphatic carbocycles. The smallest absolute Gasteiger partial charge is 0.344 e. The number of esters is 1. The molecule has 3 aromatic carbocycles. The lowest BCUT2D eigenvalue weighted by atomic mass is 9.95. The number of aromatic nitrogens is 2. The molecule has 0 bridgehead atoms. The normalized spacial score (nSPS) is 10.6. The van der Waals surface area contributed by atoms with Crippen molar-refractivity contribution >= 4 is 11.8 Å². The van der Waals surface area contributed by atoms with Gasteiger partial charge >= 0.3 is 5.97 Å². The van der Waals surface area contributed by atoms with E-state index in [-0.39, 0.29) is 17.9 Å². The molecule has 4 rings (SSSR count). The molecule has 35 heavy (non-hydrogen) atoms. The number of ketones is 1. The summed E-state index contributed by atoms with van der Waals surface area (Å²) in [6, 6.07) is 24.9. The van der Waals surface area contributed by atoms with Gasteiger partial charge in [-0.15, -0.1) is 0 Å². The minimum Gasteiger partial charge on any atom is -0.494 e. The van der Waals surface area contributed by atoms with Gasteiger partial charge in [0.25, 0.3) is 5.56 Å². The summed E-state index contributed by atoms with van der Waals surface area (Å²) in [6.45, 7) is 2.05. The Labute approximate surface area is 202 Å². The van der Waals surface area contributed by atoms with E-state index in [4.69, 9.17) is 9.47 Å². The minimum absolute atomic E-state index is 0.174. The van der Waals surface area contributed by atoms with Gasteiger partial charge in [0.1, 0.15) is 17.9 Å². The van der Waals surface area contributed by atoms with Gasteiger partial charge in [0.05, 0.1) is 19.4 Å². The van der Waals surface area contributed by atoms with E-state index < -0.39 is 11.5 Å². The first-order valence-electron chi connectivity index (χ1n) is 11.1. The number of ether oxygens (including phenoxy) is 2. The Hall–Kier alpha value is -4.52. The Balaban J connectivity index is 1.88. The molecule has 7 nitrogen and oxygen atoms in total. The van der Waals surface area contributed by atoms with Gasteiger partial charge in [-0.3, -0.25) is 9.59 Å². The molecule has 0 saturated carbocycles. The summed E-state index contributed by atoms with van der Waals surface area (Å²) in [4.78, 5) is 39.4. The first-order chi connectivity index (χ1) is 17.0. The van der Waals surface area contributed by atoms with E-state index in [0.717, 1.165) is 4.68 Å². The number of Topliss-reactive ketones (excluding diaryl/α,β-unsaturated/α-hetero) is 1. The number of hydrogen-bond acceptors (Lipinski definition) is 6. The highest BCUT2D eigenvalue weighted by Gasteiger charge is 2.26. The quantitative estimate of drug-likeness (QED) is 0.276. The lowest BCUT2D eigenvalue weighted by Gasteiger charge is -2.16. The van der Waals surface area contributed by atoms with Crippen LogP contribution in [0.3, 0.4) is 0 Å². The fourth-order valence-electron chi connectivity index (χ4n) is 3.78. The molecule has 1 aromatic heterocycles. The zero-order valence-electron chi connectivity index (χ0n) is 19.4. The monoisotopic (exact) mass is 468 g/mol. The van der Waals surface area contributed by atoms with Crippen LogP contribution in [0.4, 0.5) is 0 Å². The van der Waals surface area contributed by atoms with Crippen molar-refractivity contribution in [3.8, 4) is 28.1 Å². The third-order valence-electron chi connectivity index (χ3n) is 5.44. The predicted octanol–water partition coefficient (Wildman–Crippen LogP) is 4.65. The number of nitrogens with zero attached hydrogens (tertiary/aromatic N) is 2. The average molecular weight is 469 g/mol. The van der Waals surface area contributed by atoms with Crippen LogP contribution < -0.4 is 10.3 Å². The predicted molar refractivity (Wildman–Crippen MR) is 133 cm³/mol. The van der Waals surface area contributed by atoms with Crippen molar-refractivity contribution in [2.24, 2.45) is 0 Å². The number of carbonyl (C=O) groups is 2. The van der Waals surface area contributed by atoms with Gasteiger partial charge in [0.2, 0.25) is 0 Å². The fraction of sp³-hybridized carbons (Fsp3) is 0.143. The Morgan fingerprint density at radius 2 is 1.46 bits per heavy atom. The maximum Gasteiger partial charge on any atom is 0.344 e. The van der Waals surface area contributed by atoms with Gasteiger partial charge in [-0.05, 0) is 36.8 Å². The number of rotatable bonds is 8. The Morgan fingerprint density at radius 3 is 2.03 bits per heavy atom. The molecule has 0 N–H and O–H groups in total. The van der Waals surface area contributed by atoms with Crippen LogP contribution in [0, 0.1) is 0 Å². The molecule has 4 aromatic rings. The van der Waals surface area contributed by atoms with E-state index in [2.05, 4.69) is 5.10 Å². The van der Waals surface area contributed by atoms with Gasteiger partial charge in [0.15, 0.2) is 5.78 Å². The highest BCUT2D eigenvalue weighted by Crippen LogP contribution is 2.32. The molecule has 0 aliphatic heterocycles. The zero-order valence-corrected chi connectivity index (χ0v) is 19.4. The van der Waals surface area contributed by atoms with Crippen molar-refractivity contribution in [1.29, 1.82) is 0 Å². The molecule has 0 saturated heterocycles. The molecule has 0 unspecified atom stereocenters. The third-order valence-corrected chi connectivity index (χ3v) is 5.44. The summed E-state index contributed by atoms with van der Waals surface area (Å²) in [6.07, 6.45) is 0. The van der Waals surface area contributed by atoms with E-state index in [1.807, 2.05) is 55.5 Å². The van der Waals surface area contributed by atoms with Crippen molar-refractivity contribution in [3.05, 3.63) is 106 Å². The molecule has 0 radical (unpaired) electrons. The highest BCUT2D eigenvalue weighted by molar-refractivity contribution is 6.01. The molecule has 7 heteroatoms. The van der Waals surface area contributed by atoms with Crippen molar-refractivity contribution in [1.82, 2.24) is 9.78 Å². The Morgan fingerprint density at radius 1 is 0.857 bits per heavy atom. The number of methoxy groups -OCH3 is 1. The molecule has 0 atom stereocenters. The summed E-state index contributed by atoms with van der Waals surface area (Å²) in [5.41, 5.74) is 1.62. The third kappa shape index (κ3) is 5.04. The van der Waals surface area contributed by atoms with E-state index in [1.54, 1.807) is 36.4 Å². The van der Waals surface area contributed by atoms with Gasteiger partial charge < -0.3 is 9.47 Å². The van der Waals surface area contributed by atoms with Crippen molar-refractivity contribution in [3.63, 3.8) is 0 Å². The van der Waals surface area contributed by atoms with Crippen LogP contribution in [0.25, 0.3) is 22.4 Å². The fourth-order valence-corrected chi connectivity index (χ4v) is 3.78. The summed E-state index contributed by atoms with van der Waals surface area (Å²) in [5.74, 6) is -0.480. The summed E-state index contributed by atoms with van der Waals surface area (Å²) < 4.78 is 11.4. The van der Waals surface area contributed by atoms with E-state index in [0.29, 0.717) is 40.3 Å². The molecular formula is C28H24N2O5. The first-order valence-corrected chi connectivity index (χ1v) is 11.1. The van der Waals surface area contributed by atoms with Crippen LogP contribution in [0.5, 0.6) is 5.75 Å². The number of hydrogen-bond donors (Lipinski definition) is 0. The molecule has 0 amide bonds. The zero-order chi connectivity index (χ0) is 24.8. The van der Waals surface area contributed by atoms with Crippen LogP contribution in [-0.4, -0.2) is 35.2 Å². The summed E-state index contributed by atoms with van der Waals surface area (Å²) in [7, 11) is 1.22. The molecule has 0 spiro atoms. The van der Waals surface area contributed by atoms with Crippen LogP contribution >= 0.6 is 0 Å². The topological polar surface area (TPSA) is 87.5 Å². The Kier molecular flexibility index (Phi) is 7.16. The second kappa shape index (κ2) is 10.6. The lowest BCUT2D eigenvalue weighted by Crippen LogP contribution is -2.33. The van der Waals surface area contributed by atoms with Gasteiger partial charge in [-0.1, -0.05) is 60.7 Å². The SMILES string of the molecule is CCOc1ccc(C(=O)Cn2nc(-c3ccccc3)c(-c3ccccc3)c(C(=O)OC)c2=O)cc1. The number of carbonyl (C=O) groups excluding carboxylic acids is 2. The summed E-state index contributed by atoms with van der Waals surface area (Å²) >= 11 is 0. The minimum atomic E-state index is -0.796. The van der Waals surface area contributed by atoms with Gasteiger partial charge in [-0.25, -0.2) is 9.48 Å². The first kappa shape index (κ1) is 23.6. The summed E-state index contributed by atoms with van der Waals surface area (Å²) in [5, 5.41) is 4.56. The molecular weight excluding hydrogens is 444 g/mol. The largest absolute Gasteiger partial charge is 0.494 e. The van der Waals surface area contributed by atoms with E-state index in [9.17, 15) is 14.4 Å². The maximum atomic E-state index is 13.5. The van der Waals surface area contributed by atoms with Crippen molar-refractivity contribution in [2.45, 2.75) is 13.5 Å².